The van der Waals surface area contributed by atoms with Crippen molar-refractivity contribution in [3.8, 4) is 6.07 Å². The van der Waals surface area contributed by atoms with E-state index in [2.05, 4.69) is 61.0 Å². The number of pyridine rings is 1. The standard InChI is InChI=1S/C27H33N7/c28-18-20-7-9-24(10-8-20)34-15-3-4-23(19-34)31-25-5-1-2-6-26(25)32-27-17-21(11-13-29-27)16-22-12-14-30-33-22/h7-14,17,23,25-26,31H,1-6,15-16,19H2,(H,29,32)(H,30,33)/t23-,25+,26+/m0/s1. The van der Waals surface area contributed by atoms with Crippen LogP contribution in [0.3, 0.4) is 0 Å². The Labute approximate surface area is 201 Å². The highest BCUT2D eigenvalue weighted by Crippen LogP contribution is 2.25. The summed E-state index contributed by atoms with van der Waals surface area (Å²) in [6.07, 6.45) is 11.8. The zero-order valence-corrected chi connectivity index (χ0v) is 19.6. The number of nitrogens with zero attached hydrogens (tertiary/aromatic N) is 4. The minimum Gasteiger partial charge on any atom is -0.370 e. The molecule has 3 aromatic rings. The highest BCUT2D eigenvalue weighted by Gasteiger charge is 2.29. The highest BCUT2D eigenvalue weighted by molar-refractivity contribution is 5.50. The lowest BCUT2D eigenvalue weighted by Gasteiger charge is -2.40. The number of hydrogen-bond acceptors (Lipinski definition) is 6. The number of aromatic amines is 1. The zero-order chi connectivity index (χ0) is 23.2. The van der Waals surface area contributed by atoms with Gasteiger partial charge in [0.25, 0.3) is 0 Å². The molecule has 3 N–H and O–H groups in total. The molecule has 3 heterocycles. The van der Waals surface area contributed by atoms with E-state index >= 15 is 0 Å². The van der Waals surface area contributed by atoms with E-state index in [9.17, 15) is 0 Å². The van der Waals surface area contributed by atoms with Crippen LogP contribution in [-0.2, 0) is 6.42 Å². The Morgan fingerprint density at radius 2 is 1.85 bits per heavy atom. The average molecular weight is 456 g/mol. The van der Waals surface area contributed by atoms with Gasteiger partial charge in [0.1, 0.15) is 5.82 Å². The first-order chi connectivity index (χ1) is 16.8. The molecule has 7 heteroatoms. The summed E-state index contributed by atoms with van der Waals surface area (Å²) in [6, 6.07) is 17.7. The van der Waals surface area contributed by atoms with Gasteiger partial charge in [-0.05, 0) is 73.7 Å². The Kier molecular flexibility index (Phi) is 7.06. The van der Waals surface area contributed by atoms with Crippen LogP contribution in [0.1, 0.15) is 55.3 Å². The minimum absolute atomic E-state index is 0.383. The van der Waals surface area contributed by atoms with E-state index < -0.39 is 0 Å². The van der Waals surface area contributed by atoms with E-state index in [4.69, 9.17) is 5.26 Å². The summed E-state index contributed by atoms with van der Waals surface area (Å²) in [5, 5.41) is 23.9. The van der Waals surface area contributed by atoms with Gasteiger partial charge < -0.3 is 15.5 Å². The predicted molar refractivity (Wildman–Crippen MR) is 135 cm³/mol. The number of piperidine rings is 1. The number of hydrogen-bond donors (Lipinski definition) is 3. The van der Waals surface area contributed by atoms with Gasteiger partial charge in [0, 0.05) is 61.4 Å². The molecule has 1 saturated heterocycles. The van der Waals surface area contributed by atoms with Crippen molar-refractivity contribution in [1.29, 1.82) is 5.26 Å². The summed E-state index contributed by atoms with van der Waals surface area (Å²) in [5.74, 6) is 0.957. The third-order valence-electron chi connectivity index (χ3n) is 7.11. The van der Waals surface area contributed by atoms with E-state index in [0.29, 0.717) is 23.7 Å². The molecule has 2 aromatic heterocycles. The zero-order valence-electron chi connectivity index (χ0n) is 19.6. The molecule has 0 unspecified atom stereocenters. The summed E-state index contributed by atoms with van der Waals surface area (Å²) in [6.45, 7) is 2.08. The molecule has 7 nitrogen and oxygen atoms in total. The fourth-order valence-electron chi connectivity index (χ4n) is 5.36. The Hall–Kier alpha value is -3.37. The molecule has 2 fully saturated rings. The molecule has 0 spiro atoms. The lowest BCUT2D eigenvalue weighted by Crippen LogP contribution is -2.55. The number of aromatic nitrogens is 3. The second kappa shape index (κ2) is 10.7. The first-order valence-electron chi connectivity index (χ1n) is 12.5. The van der Waals surface area contributed by atoms with Gasteiger partial charge in [-0.1, -0.05) is 12.8 Å². The Bertz CT molecular complexity index is 1090. The summed E-state index contributed by atoms with van der Waals surface area (Å²) in [4.78, 5) is 7.07. The molecule has 5 rings (SSSR count). The topological polar surface area (TPSA) is 92.7 Å². The van der Waals surface area contributed by atoms with E-state index in [-0.39, 0.29) is 0 Å². The third-order valence-corrected chi connectivity index (χ3v) is 7.11. The van der Waals surface area contributed by atoms with Gasteiger partial charge in [0.05, 0.1) is 11.6 Å². The van der Waals surface area contributed by atoms with Gasteiger partial charge in [-0.2, -0.15) is 10.4 Å². The average Bonchev–Trinajstić information content (AvgIpc) is 3.39. The van der Waals surface area contributed by atoms with Crippen molar-refractivity contribution >= 4 is 11.5 Å². The van der Waals surface area contributed by atoms with Crippen molar-refractivity contribution in [1.82, 2.24) is 20.5 Å². The van der Waals surface area contributed by atoms with Crippen molar-refractivity contribution in [2.75, 3.05) is 23.3 Å². The van der Waals surface area contributed by atoms with E-state index in [0.717, 1.165) is 37.4 Å². The third kappa shape index (κ3) is 5.57. The summed E-state index contributed by atoms with van der Waals surface area (Å²) in [7, 11) is 0. The van der Waals surface area contributed by atoms with Gasteiger partial charge in [0.2, 0.25) is 0 Å². The monoisotopic (exact) mass is 455 g/mol. The van der Waals surface area contributed by atoms with Crippen LogP contribution in [0.25, 0.3) is 0 Å². The molecule has 1 aliphatic carbocycles. The van der Waals surface area contributed by atoms with Gasteiger partial charge in [-0.15, -0.1) is 0 Å². The molecule has 1 aromatic carbocycles. The molecule has 0 radical (unpaired) electrons. The lowest BCUT2D eigenvalue weighted by atomic mass is 9.89. The molecular weight excluding hydrogens is 422 g/mol. The van der Waals surface area contributed by atoms with E-state index in [1.807, 2.05) is 24.4 Å². The van der Waals surface area contributed by atoms with Crippen LogP contribution in [-0.4, -0.2) is 46.4 Å². The number of nitriles is 1. The van der Waals surface area contributed by atoms with E-state index in [1.54, 1.807) is 6.20 Å². The quantitative estimate of drug-likeness (QED) is 0.493. The normalized spacial score (nSPS) is 22.8. The molecule has 176 valence electrons. The van der Waals surface area contributed by atoms with Crippen molar-refractivity contribution in [2.45, 2.75) is 63.1 Å². The molecule has 3 atom stereocenters. The molecular formula is C27H33N7. The van der Waals surface area contributed by atoms with Gasteiger partial charge in [0.15, 0.2) is 0 Å². The molecule has 34 heavy (non-hydrogen) atoms. The van der Waals surface area contributed by atoms with Gasteiger partial charge >= 0.3 is 0 Å². The summed E-state index contributed by atoms with van der Waals surface area (Å²) in [5.41, 5.74) is 4.27. The number of benzene rings is 1. The second-order valence-electron chi connectivity index (χ2n) is 9.56. The maximum atomic E-state index is 9.08. The predicted octanol–water partition coefficient (Wildman–Crippen LogP) is 4.25. The number of nitrogens with one attached hydrogen (secondary N) is 3. The first-order valence-corrected chi connectivity index (χ1v) is 12.5. The van der Waals surface area contributed by atoms with Crippen molar-refractivity contribution < 1.29 is 0 Å². The van der Waals surface area contributed by atoms with Gasteiger partial charge in [-0.25, -0.2) is 4.98 Å². The van der Waals surface area contributed by atoms with Crippen LogP contribution >= 0.6 is 0 Å². The molecule has 0 bridgehead atoms. The van der Waals surface area contributed by atoms with Crippen molar-refractivity contribution in [3.63, 3.8) is 0 Å². The van der Waals surface area contributed by atoms with Gasteiger partial charge in [-0.3, -0.25) is 5.10 Å². The van der Waals surface area contributed by atoms with Crippen LogP contribution in [0.4, 0.5) is 11.5 Å². The van der Waals surface area contributed by atoms with Crippen LogP contribution < -0.4 is 15.5 Å². The number of rotatable bonds is 7. The smallest absolute Gasteiger partial charge is 0.126 e. The van der Waals surface area contributed by atoms with Crippen LogP contribution in [0.15, 0.2) is 54.9 Å². The Balaban J connectivity index is 1.21. The van der Waals surface area contributed by atoms with Crippen LogP contribution in [0, 0.1) is 11.3 Å². The maximum absolute atomic E-state index is 9.08. The lowest BCUT2D eigenvalue weighted by molar-refractivity contribution is 0.293. The van der Waals surface area contributed by atoms with Crippen LogP contribution in [0.5, 0.6) is 0 Å². The summed E-state index contributed by atoms with van der Waals surface area (Å²) >= 11 is 0. The number of anilines is 2. The Morgan fingerprint density at radius 1 is 1.00 bits per heavy atom. The van der Waals surface area contributed by atoms with Crippen molar-refractivity contribution in [3.05, 3.63) is 71.7 Å². The SMILES string of the molecule is N#Cc1ccc(N2CCC[C@H](N[C@@H]3CCCC[C@H]3Nc3cc(Cc4ccn[nH]4)ccn3)C2)cc1. The second-order valence-corrected chi connectivity index (χ2v) is 9.56. The fraction of sp³-hybridized carbons (Fsp3) is 0.444. The summed E-state index contributed by atoms with van der Waals surface area (Å²) < 4.78 is 0. The largest absolute Gasteiger partial charge is 0.370 e. The molecule has 2 aliphatic rings. The Morgan fingerprint density at radius 3 is 2.65 bits per heavy atom. The van der Waals surface area contributed by atoms with Crippen LogP contribution in [0.2, 0.25) is 0 Å². The maximum Gasteiger partial charge on any atom is 0.126 e. The first kappa shape index (κ1) is 22.4. The molecule has 1 saturated carbocycles. The van der Waals surface area contributed by atoms with E-state index in [1.165, 1.54) is 43.4 Å². The number of H-pyrrole nitrogens is 1. The molecule has 0 amide bonds. The minimum atomic E-state index is 0.383. The fourth-order valence-corrected chi connectivity index (χ4v) is 5.36. The van der Waals surface area contributed by atoms with Crippen molar-refractivity contribution in [2.24, 2.45) is 0 Å². The highest BCUT2D eigenvalue weighted by atomic mass is 15.2. The molecule has 1 aliphatic heterocycles.